The van der Waals surface area contributed by atoms with Gasteiger partial charge in [-0.05, 0) is 24.1 Å². The Bertz CT molecular complexity index is 351. The van der Waals surface area contributed by atoms with Gasteiger partial charge in [0.2, 0.25) is 0 Å². The molecule has 0 atom stereocenters. The summed E-state index contributed by atoms with van der Waals surface area (Å²) in [4.78, 5) is 2.41. The Kier molecular flexibility index (Phi) is 4.47. The molecule has 1 aliphatic heterocycles. The molecule has 1 fully saturated rings. The third-order valence-electron chi connectivity index (χ3n) is 2.80. The first-order chi connectivity index (χ1) is 7.75. The smallest absolute Gasteiger partial charge is 0.0595 e. The Morgan fingerprint density at radius 1 is 1.12 bits per heavy atom. The van der Waals surface area contributed by atoms with Crippen LogP contribution in [0.5, 0.6) is 0 Å². The van der Waals surface area contributed by atoms with Crippen molar-refractivity contribution >= 4 is 23.2 Å². The van der Waals surface area contributed by atoms with Crippen LogP contribution in [0.25, 0.3) is 0 Å². The van der Waals surface area contributed by atoms with Crippen LogP contribution in [-0.2, 0) is 11.2 Å². The van der Waals surface area contributed by atoms with Crippen LogP contribution in [0.2, 0.25) is 10.0 Å². The molecular formula is C12H15Cl2NO. The molecule has 1 saturated heterocycles. The fourth-order valence-electron chi connectivity index (χ4n) is 1.81. The number of morpholine rings is 1. The van der Waals surface area contributed by atoms with E-state index in [9.17, 15) is 0 Å². The SMILES string of the molecule is Clc1ccc(CCN2CCOCC2)cc1Cl. The van der Waals surface area contributed by atoms with Crippen LogP contribution < -0.4 is 0 Å². The summed E-state index contributed by atoms with van der Waals surface area (Å²) in [5.41, 5.74) is 1.24. The van der Waals surface area contributed by atoms with Crippen molar-refractivity contribution in [3.05, 3.63) is 33.8 Å². The van der Waals surface area contributed by atoms with Crippen LogP contribution in [0.15, 0.2) is 18.2 Å². The molecule has 0 aromatic heterocycles. The molecule has 1 aromatic carbocycles. The largest absolute Gasteiger partial charge is 0.379 e. The molecule has 1 aromatic rings. The van der Waals surface area contributed by atoms with Gasteiger partial charge in [0.05, 0.1) is 23.3 Å². The molecule has 4 heteroatoms. The van der Waals surface area contributed by atoms with E-state index in [1.807, 2.05) is 18.2 Å². The topological polar surface area (TPSA) is 12.5 Å². The monoisotopic (exact) mass is 259 g/mol. The molecule has 0 aliphatic carbocycles. The molecule has 2 rings (SSSR count). The van der Waals surface area contributed by atoms with E-state index in [0.717, 1.165) is 39.3 Å². The standard InChI is InChI=1S/C12H15Cl2NO/c13-11-2-1-10(9-12(11)14)3-4-15-5-7-16-8-6-15/h1-2,9H,3-8H2. The lowest BCUT2D eigenvalue weighted by atomic mass is 10.1. The third kappa shape index (κ3) is 3.36. The lowest BCUT2D eigenvalue weighted by Crippen LogP contribution is -2.37. The molecule has 16 heavy (non-hydrogen) atoms. The Labute approximate surface area is 106 Å². The van der Waals surface area contributed by atoms with E-state index in [1.165, 1.54) is 5.56 Å². The molecule has 0 spiro atoms. The highest BCUT2D eigenvalue weighted by molar-refractivity contribution is 6.42. The van der Waals surface area contributed by atoms with Gasteiger partial charge in [0, 0.05) is 19.6 Å². The number of hydrogen-bond donors (Lipinski definition) is 0. The maximum atomic E-state index is 5.97. The van der Waals surface area contributed by atoms with Gasteiger partial charge >= 0.3 is 0 Å². The van der Waals surface area contributed by atoms with E-state index < -0.39 is 0 Å². The van der Waals surface area contributed by atoms with Gasteiger partial charge in [-0.3, -0.25) is 4.90 Å². The van der Waals surface area contributed by atoms with Crippen molar-refractivity contribution in [1.82, 2.24) is 4.90 Å². The van der Waals surface area contributed by atoms with Crippen LogP contribution in [-0.4, -0.2) is 37.7 Å². The average Bonchev–Trinajstić information content (AvgIpc) is 2.32. The Hall–Kier alpha value is -0.280. The number of halogens is 2. The summed E-state index contributed by atoms with van der Waals surface area (Å²) in [7, 11) is 0. The van der Waals surface area contributed by atoms with E-state index in [0.29, 0.717) is 10.0 Å². The summed E-state index contributed by atoms with van der Waals surface area (Å²) in [6.45, 7) is 4.81. The molecule has 0 amide bonds. The van der Waals surface area contributed by atoms with Crippen LogP contribution in [0.3, 0.4) is 0 Å². The van der Waals surface area contributed by atoms with Crippen molar-refractivity contribution < 1.29 is 4.74 Å². The Morgan fingerprint density at radius 3 is 2.56 bits per heavy atom. The lowest BCUT2D eigenvalue weighted by molar-refractivity contribution is 0.0384. The second kappa shape index (κ2) is 5.87. The maximum Gasteiger partial charge on any atom is 0.0595 e. The number of hydrogen-bond acceptors (Lipinski definition) is 2. The second-order valence-corrected chi connectivity index (χ2v) is 4.77. The van der Waals surface area contributed by atoms with Gasteiger partial charge in [0.1, 0.15) is 0 Å². The van der Waals surface area contributed by atoms with Crippen molar-refractivity contribution in [2.75, 3.05) is 32.8 Å². The van der Waals surface area contributed by atoms with Gasteiger partial charge < -0.3 is 4.74 Å². The van der Waals surface area contributed by atoms with Crippen LogP contribution in [0.4, 0.5) is 0 Å². The first kappa shape index (κ1) is 12.2. The van der Waals surface area contributed by atoms with Crippen LogP contribution in [0.1, 0.15) is 5.56 Å². The highest BCUT2D eigenvalue weighted by Gasteiger charge is 2.10. The van der Waals surface area contributed by atoms with E-state index >= 15 is 0 Å². The number of rotatable bonds is 3. The summed E-state index contributed by atoms with van der Waals surface area (Å²) >= 11 is 11.8. The number of nitrogens with zero attached hydrogens (tertiary/aromatic N) is 1. The van der Waals surface area contributed by atoms with E-state index in [4.69, 9.17) is 27.9 Å². The molecule has 0 radical (unpaired) electrons. The van der Waals surface area contributed by atoms with E-state index in [-0.39, 0.29) is 0 Å². The minimum Gasteiger partial charge on any atom is -0.379 e. The molecule has 1 aliphatic rings. The molecule has 0 bridgehead atoms. The van der Waals surface area contributed by atoms with Gasteiger partial charge in [-0.1, -0.05) is 29.3 Å². The zero-order chi connectivity index (χ0) is 11.4. The van der Waals surface area contributed by atoms with Crippen LogP contribution >= 0.6 is 23.2 Å². The van der Waals surface area contributed by atoms with Gasteiger partial charge in [0.15, 0.2) is 0 Å². The molecule has 2 nitrogen and oxygen atoms in total. The van der Waals surface area contributed by atoms with Crippen LogP contribution in [0, 0.1) is 0 Å². The molecule has 0 saturated carbocycles. The predicted molar refractivity (Wildman–Crippen MR) is 67.4 cm³/mol. The third-order valence-corrected chi connectivity index (χ3v) is 3.54. The number of benzene rings is 1. The summed E-state index contributed by atoms with van der Waals surface area (Å²) in [5.74, 6) is 0. The zero-order valence-corrected chi connectivity index (χ0v) is 10.6. The van der Waals surface area contributed by atoms with Gasteiger partial charge in [-0.15, -0.1) is 0 Å². The quantitative estimate of drug-likeness (QED) is 0.828. The summed E-state index contributed by atoms with van der Waals surface area (Å²) in [5, 5.41) is 1.26. The molecule has 0 N–H and O–H groups in total. The average molecular weight is 260 g/mol. The van der Waals surface area contributed by atoms with Crippen molar-refractivity contribution in [3.63, 3.8) is 0 Å². The number of ether oxygens (including phenoxy) is 1. The second-order valence-electron chi connectivity index (χ2n) is 3.95. The first-order valence-corrected chi connectivity index (χ1v) is 6.25. The van der Waals surface area contributed by atoms with Crippen molar-refractivity contribution in [1.29, 1.82) is 0 Å². The van der Waals surface area contributed by atoms with E-state index in [2.05, 4.69) is 4.90 Å². The first-order valence-electron chi connectivity index (χ1n) is 5.50. The summed E-state index contributed by atoms with van der Waals surface area (Å²) in [6, 6.07) is 5.84. The predicted octanol–water partition coefficient (Wildman–Crippen LogP) is 2.87. The Morgan fingerprint density at radius 2 is 1.88 bits per heavy atom. The van der Waals surface area contributed by atoms with E-state index in [1.54, 1.807) is 0 Å². The minimum atomic E-state index is 0.622. The highest BCUT2D eigenvalue weighted by Crippen LogP contribution is 2.22. The molecule has 1 heterocycles. The maximum absolute atomic E-state index is 5.97. The zero-order valence-electron chi connectivity index (χ0n) is 9.09. The van der Waals surface area contributed by atoms with Crippen molar-refractivity contribution in [2.45, 2.75) is 6.42 Å². The van der Waals surface area contributed by atoms with Crippen molar-refractivity contribution in [2.24, 2.45) is 0 Å². The fourth-order valence-corrected chi connectivity index (χ4v) is 2.13. The van der Waals surface area contributed by atoms with Gasteiger partial charge in [-0.2, -0.15) is 0 Å². The summed E-state index contributed by atoms with van der Waals surface area (Å²) in [6.07, 6.45) is 1.01. The normalized spacial score (nSPS) is 17.6. The lowest BCUT2D eigenvalue weighted by Gasteiger charge is -2.26. The molecule has 88 valence electrons. The fraction of sp³-hybridized carbons (Fsp3) is 0.500. The highest BCUT2D eigenvalue weighted by atomic mass is 35.5. The van der Waals surface area contributed by atoms with Gasteiger partial charge in [-0.25, -0.2) is 0 Å². The molecular weight excluding hydrogens is 245 g/mol. The minimum absolute atomic E-state index is 0.622. The van der Waals surface area contributed by atoms with Gasteiger partial charge in [0.25, 0.3) is 0 Å². The molecule has 0 unspecified atom stereocenters. The van der Waals surface area contributed by atoms with Crippen molar-refractivity contribution in [3.8, 4) is 0 Å². The summed E-state index contributed by atoms with van der Waals surface area (Å²) < 4.78 is 5.31. The Balaban J connectivity index is 1.86.